The van der Waals surface area contributed by atoms with E-state index in [0.717, 1.165) is 12.8 Å². The fraction of sp³-hybridized carbons (Fsp3) is 1.00. The van der Waals surface area contributed by atoms with Gasteiger partial charge in [-0.2, -0.15) is 0 Å². The first-order valence-electron chi connectivity index (χ1n) is 6.15. The monoisotopic (exact) mass is 233 g/mol. The van der Waals surface area contributed by atoms with Gasteiger partial charge in [-0.15, -0.1) is 0 Å². The Balaban J connectivity index is 3.53. The summed E-state index contributed by atoms with van der Waals surface area (Å²) in [6.45, 7) is 7.73. The number of aliphatic hydroxyl groups excluding tert-OH is 1. The average molecular weight is 233 g/mol. The van der Waals surface area contributed by atoms with Gasteiger partial charge in [-0.25, -0.2) is 0 Å². The molecule has 0 aromatic rings. The van der Waals surface area contributed by atoms with Crippen LogP contribution in [0.3, 0.4) is 0 Å². The van der Waals surface area contributed by atoms with Crippen molar-refractivity contribution in [2.45, 2.75) is 51.9 Å². The first-order chi connectivity index (χ1) is 7.63. The van der Waals surface area contributed by atoms with E-state index in [9.17, 15) is 5.11 Å². The topological polar surface area (TPSA) is 50.7 Å². The summed E-state index contributed by atoms with van der Waals surface area (Å²) in [5, 5.41) is 13.0. The molecule has 0 bridgehead atoms. The highest BCUT2D eigenvalue weighted by atomic mass is 16.5. The lowest BCUT2D eigenvalue weighted by Gasteiger charge is -2.19. The predicted molar refractivity (Wildman–Crippen MR) is 65.7 cm³/mol. The zero-order valence-electron chi connectivity index (χ0n) is 11.0. The molecule has 4 nitrogen and oxygen atoms in total. The van der Waals surface area contributed by atoms with Crippen LogP contribution in [0.4, 0.5) is 0 Å². The third-order valence-electron chi connectivity index (χ3n) is 2.60. The smallest absolute Gasteiger partial charge is 0.0897 e. The van der Waals surface area contributed by atoms with Gasteiger partial charge >= 0.3 is 0 Å². The summed E-state index contributed by atoms with van der Waals surface area (Å²) in [6, 6.07) is 0.492. The van der Waals surface area contributed by atoms with Crippen molar-refractivity contribution in [3.63, 3.8) is 0 Å². The lowest BCUT2D eigenvalue weighted by molar-refractivity contribution is -0.0316. The minimum absolute atomic E-state index is 0.0350. The molecule has 0 aliphatic rings. The van der Waals surface area contributed by atoms with Crippen LogP contribution in [-0.2, 0) is 9.47 Å². The standard InChI is InChI=1S/C12H27NO3/c1-5-11(6-2)13-7-12(14)9-16-10(3)8-15-4/h10-14H,5-9H2,1-4H3. The molecule has 0 heterocycles. The Morgan fingerprint density at radius 2 is 1.81 bits per heavy atom. The molecule has 0 aliphatic heterocycles. The maximum atomic E-state index is 9.68. The lowest BCUT2D eigenvalue weighted by atomic mass is 10.1. The van der Waals surface area contributed by atoms with Gasteiger partial charge in [0.05, 0.1) is 25.4 Å². The quantitative estimate of drug-likeness (QED) is 0.595. The normalized spacial score (nSPS) is 15.4. The second-order valence-electron chi connectivity index (χ2n) is 4.17. The Labute approximate surface area is 99.3 Å². The Bertz CT molecular complexity index is 151. The Kier molecular flexibility index (Phi) is 9.92. The molecule has 0 aromatic heterocycles. The lowest BCUT2D eigenvalue weighted by Crippen LogP contribution is -2.37. The highest BCUT2D eigenvalue weighted by Gasteiger charge is 2.10. The van der Waals surface area contributed by atoms with Crippen molar-refractivity contribution < 1.29 is 14.6 Å². The Morgan fingerprint density at radius 3 is 2.31 bits per heavy atom. The van der Waals surface area contributed by atoms with Crippen LogP contribution in [0.2, 0.25) is 0 Å². The van der Waals surface area contributed by atoms with Crippen LogP contribution in [0.5, 0.6) is 0 Å². The van der Waals surface area contributed by atoms with Crippen LogP contribution in [0, 0.1) is 0 Å². The van der Waals surface area contributed by atoms with Crippen LogP contribution in [0.25, 0.3) is 0 Å². The highest BCUT2D eigenvalue weighted by Crippen LogP contribution is 1.97. The van der Waals surface area contributed by atoms with Gasteiger partial charge in [-0.05, 0) is 19.8 Å². The summed E-state index contributed by atoms with van der Waals surface area (Å²) in [7, 11) is 1.64. The van der Waals surface area contributed by atoms with Gasteiger partial charge in [-0.3, -0.25) is 0 Å². The van der Waals surface area contributed by atoms with Crippen molar-refractivity contribution in [1.82, 2.24) is 5.32 Å². The minimum Gasteiger partial charge on any atom is -0.389 e. The summed E-state index contributed by atoms with van der Waals surface area (Å²) in [5.74, 6) is 0. The van der Waals surface area contributed by atoms with Crippen molar-refractivity contribution in [2.75, 3.05) is 26.9 Å². The Hall–Kier alpha value is -0.160. The third kappa shape index (κ3) is 8.05. The first-order valence-corrected chi connectivity index (χ1v) is 6.15. The molecule has 0 saturated carbocycles. The summed E-state index contributed by atoms with van der Waals surface area (Å²) in [5.41, 5.74) is 0. The van der Waals surface area contributed by atoms with Gasteiger partial charge in [0.25, 0.3) is 0 Å². The maximum Gasteiger partial charge on any atom is 0.0897 e. The molecule has 98 valence electrons. The van der Waals surface area contributed by atoms with Gasteiger partial charge < -0.3 is 19.9 Å². The number of aliphatic hydroxyl groups is 1. The molecule has 2 atom stereocenters. The number of hydrogen-bond acceptors (Lipinski definition) is 4. The summed E-state index contributed by atoms with van der Waals surface area (Å²) in [4.78, 5) is 0. The van der Waals surface area contributed by atoms with Crippen molar-refractivity contribution in [2.24, 2.45) is 0 Å². The summed E-state index contributed by atoms with van der Waals surface area (Å²) >= 11 is 0. The highest BCUT2D eigenvalue weighted by molar-refractivity contribution is 4.66. The molecule has 0 rings (SSSR count). The van der Waals surface area contributed by atoms with Gasteiger partial charge in [0.2, 0.25) is 0 Å². The molecule has 0 amide bonds. The fourth-order valence-corrected chi connectivity index (χ4v) is 1.50. The van der Waals surface area contributed by atoms with Crippen molar-refractivity contribution in [3.05, 3.63) is 0 Å². The molecule has 2 unspecified atom stereocenters. The van der Waals surface area contributed by atoms with Gasteiger partial charge in [0, 0.05) is 19.7 Å². The third-order valence-corrected chi connectivity index (χ3v) is 2.60. The fourth-order valence-electron chi connectivity index (χ4n) is 1.50. The maximum absolute atomic E-state index is 9.68. The summed E-state index contributed by atoms with van der Waals surface area (Å²) in [6.07, 6.45) is 1.77. The molecule has 0 aromatic carbocycles. The molecule has 16 heavy (non-hydrogen) atoms. The molecule has 0 saturated heterocycles. The number of ether oxygens (including phenoxy) is 2. The number of hydrogen-bond donors (Lipinski definition) is 2. The van der Waals surface area contributed by atoms with E-state index in [2.05, 4.69) is 19.2 Å². The van der Waals surface area contributed by atoms with E-state index in [1.165, 1.54) is 0 Å². The van der Waals surface area contributed by atoms with Gasteiger partial charge in [0.15, 0.2) is 0 Å². The van der Waals surface area contributed by atoms with Crippen LogP contribution in [0.1, 0.15) is 33.6 Å². The van der Waals surface area contributed by atoms with Crippen LogP contribution >= 0.6 is 0 Å². The van der Waals surface area contributed by atoms with E-state index in [-0.39, 0.29) is 6.10 Å². The van der Waals surface area contributed by atoms with E-state index in [1.54, 1.807) is 7.11 Å². The molecule has 4 heteroatoms. The van der Waals surface area contributed by atoms with E-state index < -0.39 is 6.10 Å². The molecule has 0 fully saturated rings. The number of methoxy groups -OCH3 is 1. The molecule has 0 aliphatic carbocycles. The van der Waals surface area contributed by atoms with Crippen molar-refractivity contribution in [3.8, 4) is 0 Å². The number of nitrogens with one attached hydrogen (secondary N) is 1. The minimum atomic E-state index is -0.445. The average Bonchev–Trinajstić information content (AvgIpc) is 2.28. The zero-order valence-corrected chi connectivity index (χ0v) is 11.0. The molecule has 2 N–H and O–H groups in total. The zero-order chi connectivity index (χ0) is 12.4. The molecule has 0 spiro atoms. The van der Waals surface area contributed by atoms with Crippen molar-refractivity contribution >= 4 is 0 Å². The van der Waals surface area contributed by atoms with Crippen LogP contribution < -0.4 is 5.32 Å². The van der Waals surface area contributed by atoms with Crippen LogP contribution in [0.15, 0.2) is 0 Å². The van der Waals surface area contributed by atoms with Crippen LogP contribution in [-0.4, -0.2) is 50.2 Å². The summed E-state index contributed by atoms with van der Waals surface area (Å²) < 4.78 is 10.4. The van der Waals surface area contributed by atoms with Gasteiger partial charge in [-0.1, -0.05) is 13.8 Å². The van der Waals surface area contributed by atoms with E-state index >= 15 is 0 Å². The number of rotatable bonds is 10. The van der Waals surface area contributed by atoms with E-state index in [1.807, 2.05) is 6.92 Å². The predicted octanol–water partition coefficient (Wildman–Crippen LogP) is 1.18. The van der Waals surface area contributed by atoms with E-state index in [0.29, 0.717) is 25.8 Å². The largest absolute Gasteiger partial charge is 0.389 e. The van der Waals surface area contributed by atoms with E-state index in [4.69, 9.17) is 9.47 Å². The van der Waals surface area contributed by atoms with Gasteiger partial charge in [0.1, 0.15) is 0 Å². The molecule has 0 radical (unpaired) electrons. The SMILES string of the molecule is CCC(CC)NCC(O)COC(C)COC. The van der Waals surface area contributed by atoms with Crippen molar-refractivity contribution in [1.29, 1.82) is 0 Å². The molecular weight excluding hydrogens is 206 g/mol. The molecular formula is C12H27NO3. The first kappa shape index (κ1) is 15.8. The second-order valence-corrected chi connectivity index (χ2v) is 4.17. The second kappa shape index (κ2) is 10.0. The Morgan fingerprint density at radius 1 is 1.19 bits per heavy atom.